The number of benzene rings is 2. The van der Waals surface area contributed by atoms with Gasteiger partial charge < -0.3 is 9.84 Å². The van der Waals surface area contributed by atoms with E-state index in [1.807, 2.05) is 48.5 Å². The van der Waals surface area contributed by atoms with Crippen molar-refractivity contribution in [2.24, 2.45) is 0 Å². The van der Waals surface area contributed by atoms with Crippen LogP contribution in [0.5, 0.6) is 0 Å². The molecule has 0 radical (unpaired) electrons. The summed E-state index contributed by atoms with van der Waals surface area (Å²) in [6.45, 7) is 0.450. The average molecular weight is 365 g/mol. The second kappa shape index (κ2) is 7.40. The van der Waals surface area contributed by atoms with Gasteiger partial charge in [0.15, 0.2) is 0 Å². The van der Waals surface area contributed by atoms with Gasteiger partial charge in [-0.15, -0.1) is 0 Å². The van der Waals surface area contributed by atoms with Crippen LogP contribution < -0.4 is 5.32 Å². The Hall–Kier alpha value is -3.13. The second-order valence-electron chi connectivity index (χ2n) is 5.74. The lowest BCUT2D eigenvalue weighted by Crippen LogP contribution is -2.23. The maximum Gasteiger partial charge on any atom is 0.227 e. The van der Waals surface area contributed by atoms with Gasteiger partial charge in [-0.2, -0.15) is 13.7 Å². The van der Waals surface area contributed by atoms with Crippen LogP contribution in [0.3, 0.4) is 0 Å². The zero-order chi connectivity index (χ0) is 17.8. The predicted molar refractivity (Wildman–Crippen MR) is 97.3 cm³/mol. The number of nitrogens with one attached hydrogen (secondary N) is 1. The predicted octanol–water partition coefficient (Wildman–Crippen LogP) is 2.99. The lowest BCUT2D eigenvalue weighted by molar-refractivity contribution is -0.121. The Morgan fingerprint density at radius 3 is 2.81 bits per heavy atom. The summed E-state index contributed by atoms with van der Waals surface area (Å²) < 4.78 is 13.6. The van der Waals surface area contributed by atoms with E-state index in [2.05, 4.69) is 24.2 Å². The zero-order valence-electron chi connectivity index (χ0n) is 13.8. The van der Waals surface area contributed by atoms with Crippen molar-refractivity contribution in [3.63, 3.8) is 0 Å². The van der Waals surface area contributed by atoms with Gasteiger partial charge in [-0.05, 0) is 17.7 Å². The average Bonchev–Trinajstić information content (AvgIpc) is 3.34. The third kappa shape index (κ3) is 3.75. The fraction of sp³-hybridized carbons (Fsp3) is 0.167. The molecular formula is C18H15N5O2S. The Balaban J connectivity index is 1.29. The van der Waals surface area contributed by atoms with E-state index in [0.29, 0.717) is 24.7 Å². The molecule has 4 aromatic rings. The number of hydrogen-bond acceptors (Lipinski definition) is 7. The molecule has 0 saturated carbocycles. The van der Waals surface area contributed by atoms with Gasteiger partial charge in [-0.25, -0.2) is 0 Å². The topological polar surface area (TPSA) is 93.8 Å². The summed E-state index contributed by atoms with van der Waals surface area (Å²) in [6, 6.07) is 15.4. The number of rotatable bonds is 6. The fourth-order valence-corrected chi connectivity index (χ4v) is 3.03. The van der Waals surface area contributed by atoms with Crippen LogP contribution >= 0.6 is 11.7 Å². The van der Waals surface area contributed by atoms with Gasteiger partial charge in [0.2, 0.25) is 17.6 Å². The van der Waals surface area contributed by atoms with Crippen LogP contribution in [0.25, 0.3) is 22.4 Å². The monoisotopic (exact) mass is 365 g/mol. The zero-order valence-corrected chi connectivity index (χ0v) is 14.6. The van der Waals surface area contributed by atoms with Gasteiger partial charge in [0, 0.05) is 24.9 Å². The number of carbonyl (C=O) groups excluding carboxylic acids is 1. The first-order valence-corrected chi connectivity index (χ1v) is 8.87. The molecule has 26 heavy (non-hydrogen) atoms. The van der Waals surface area contributed by atoms with E-state index in [1.54, 1.807) is 0 Å². The summed E-state index contributed by atoms with van der Waals surface area (Å²) in [5.41, 5.74) is 3.60. The number of carbonyl (C=O) groups is 1. The third-order valence-corrected chi connectivity index (χ3v) is 4.43. The molecule has 1 amide bonds. The lowest BCUT2D eigenvalue weighted by Gasteiger charge is -2.04. The molecule has 4 rings (SSSR count). The molecule has 0 saturated heterocycles. The van der Waals surface area contributed by atoms with Crippen LogP contribution in [0, 0.1) is 0 Å². The van der Waals surface area contributed by atoms with Gasteiger partial charge in [-0.1, -0.05) is 41.6 Å². The van der Waals surface area contributed by atoms with Crippen LogP contribution in [0.2, 0.25) is 0 Å². The van der Waals surface area contributed by atoms with Crippen LogP contribution in [-0.2, 0) is 17.8 Å². The van der Waals surface area contributed by atoms with E-state index in [4.69, 9.17) is 4.52 Å². The Kier molecular flexibility index (Phi) is 4.65. The molecule has 2 aromatic carbocycles. The summed E-state index contributed by atoms with van der Waals surface area (Å²) in [4.78, 5) is 16.4. The molecular weight excluding hydrogens is 350 g/mol. The Morgan fingerprint density at radius 1 is 1.08 bits per heavy atom. The quantitative estimate of drug-likeness (QED) is 0.564. The lowest BCUT2D eigenvalue weighted by atomic mass is 10.2. The Morgan fingerprint density at radius 2 is 1.92 bits per heavy atom. The third-order valence-electron chi connectivity index (χ3n) is 3.87. The summed E-state index contributed by atoms with van der Waals surface area (Å²) in [6.07, 6.45) is 0.692. The summed E-state index contributed by atoms with van der Waals surface area (Å²) >= 11 is 1.18. The molecule has 0 aliphatic rings. The molecule has 0 aliphatic carbocycles. The number of hydrogen-bond donors (Lipinski definition) is 1. The van der Waals surface area contributed by atoms with E-state index in [0.717, 1.165) is 22.2 Å². The van der Waals surface area contributed by atoms with Crippen LogP contribution in [0.4, 0.5) is 0 Å². The van der Waals surface area contributed by atoms with Gasteiger partial charge in [0.05, 0.1) is 11.7 Å². The highest BCUT2D eigenvalue weighted by atomic mass is 32.1. The Bertz CT molecular complexity index is 1030. The molecule has 1 N–H and O–H groups in total. The highest BCUT2D eigenvalue weighted by Gasteiger charge is 2.10. The largest absolute Gasteiger partial charge is 0.352 e. The molecule has 0 bridgehead atoms. The number of aryl methyl sites for hydroxylation is 1. The van der Waals surface area contributed by atoms with Gasteiger partial charge in [-0.3, -0.25) is 4.79 Å². The molecule has 0 unspecified atom stereocenters. The minimum Gasteiger partial charge on any atom is -0.352 e. The van der Waals surface area contributed by atoms with Crippen LogP contribution in [0.15, 0.2) is 53.1 Å². The maximum absolute atomic E-state index is 12.1. The highest BCUT2D eigenvalue weighted by Crippen LogP contribution is 2.16. The van der Waals surface area contributed by atoms with Crippen molar-refractivity contribution in [2.75, 3.05) is 0 Å². The molecule has 0 aliphatic heterocycles. The first-order chi connectivity index (χ1) is 12.8. The smallest absolute Gasteiger partial charge is 0.227 e. The van der Waals surface area contributed by atoms with Crippen molar-refractivity contribution in [1.29, 1.82) is 0 Å². The molecule has 2 aromatic heterocycles. The summed E-state index contributed by atoms with van der Waals surface area (Å²) in [5, 5.41) is 6.84. The fourth-order valence-electron chi connectivity index (χ4n) is 2.51. The van der Waals surface area contributed by atoms with E-state index in [1.165, 1.54) is 11.7 Å². The molecule has 0 fully saturated rings. The maximum atomic E-state index is 12.1. The first kappa shape index (κ1) is 16.3. The molecule has 7 nitrogen and oxygen atoms in total. The number of amides is 1. The van der Waals surface area contributed by atoms with Crippen molar-refractivity contribution < 1.29 is 9.32 Å². The molecule has 2 heterocycles. The van der Waals surface area contributed by atoms with Gasteiger partial charge >= 0.3 is 0 Å². The van der Waals surface area contributed by atoms with E-state index in [-0.39, 0.29) is 12.3 Å². The standard InChI is InChI=1S/C18H15N5O2S/c24-16(19-11-12-6-7-14-15(10-12)23-26-22-14)8-9-17-20-18(21-25-17)13-4-2-1-3-5-13/h1-7,10H,8-9,11H2,(H,19,24). The van der Waals surface area contributed by atoms with E-state index in [9.17, 15) is 4.79 Å². The molecule has 0 atom stereocenters. The van der Waals surface area contributed by atoms with E-state index < -0.39 is 0 Å². The van der Waals surface area contributed by atoms with E-state index >= 15 is 0 Å². The molecule has 0 spiro atoms. The normalized spacial score (nSPS) is 10.9. The molecule has 130 valence electrons. The molecule has 8 heteroatoms. The van der Waals surface area contributed by atoms with Crippen molar-refractivity contribution in [3.8, 4) is 11.4 Å². The van der Waals surface area contributed by atoms with Gasteiger partial charge in [0.25, 0.3) is 0 Å². The van der Waals surface area contributed by atoms with Crippen molar-refractivity contribution >= 4 is 28.7 Å². The van der Waals surface area contributed by atoms with Crippen molar-refractivity contribution in [1.82, 2.24) is 24.2 Å². The summed E-state index contributed by atoms with van der Waals surface area (Å²) in [5.74, 6) is 0.918. The number of aromatic nitrogens is 4. The number of nitrogens with zero attached hydrogens (tertiary/aromatic N) is 4. The Labute approximate surface area is 153 Å². The minimum atomic E-state index is -0.0686. The minimum absolute atomic E-state index is 0.0686. The van der Waals surface area contributed by atoms with Gasteiger partial charge in [0.1, 0.15) is 11.0 Å². The second-order valence-corrected chi connectivity index (χ2v) is 6.27. The highest BCUT2D eigenvalue weighted by molar-refractivity contribution is 7.00. The number of fused-ring (bicyclic) bond motifs is 1. The van der Waals surface area contributed by atoms with Crippen LogP contribution in [-0.4, -0.2) is 24.8 Å². The summed E-state index contributed by atoms with van der Waals surface area (Å²) in [7, 11) is 0. The first-order valence-electron chi connectivity index (χ1n) is 8.14. The van der Waals surface area contributed by atoms with Crippen molar-refractivity contribution in [2.45, 2.75) is 19.4 Å². The van der Waals surface area contributed by atoms with Crippen LogP contribution in [0.1, 0.15) is 17.9 Å². The SMILES string of the molecule is O=C(CCc1nc(-c2ccccc2)no1)NCc1ccc2nsnc2c1. The van der Waals surface area contributed by atoms with Crippen molar-refractivity contribution in [3.05, 3.63) is 60.0 Å².